The second kappa shape index (κ2) is 7.13. The van der Waals surface area contributed by atoms with E-state index in [1.807, 2.05) is 42.5 Å². The van der Waals surface area contributed by atoms with E-state index in [-0.39, 0.29) is 17.4 Å². The quantitative estimate of drug-likeness (QED) is 0.707. The maximum Gasteiger partial charge on any atom is 0.288 e. The third-order valence-corrected chi connectivity index (χ3v) is 4.01. The highest BCUT2D eigenvalue weighted by Gasteiger charge is 2.26. The number of nitrogens with one attached hydrogen (secondary N) is 1. The zero-order valence-electron chi connectivity index (χ0n) is 14.3. The van der Waals surface area contributed by atoms with Crippen molar-refractivity contribution in [2.75, 3.05) is 5.01 Å². The number of hydrogen-bond acceptors (Lipinski definition) is 5. The first-order chi connectivity index (χ1) is 13.2. The van der Waals surface area contributed by atoms with Crippen molar-refractivity contribution in [3.8, 4) is 5.75 Å². The van der Waals surface area contributed by atoms with Gasteiger partial charge in [-0.1, -0.05) is 30.3 Å². The number of benzene rings is 2. The van der Waals surface area contributed by atoms with Gasteiger partial charge < -0.3 is 5.11 Å². The van der Waals surface area contributed by atoms with Gasteiger partial charge in [0.05, 0.1) is 5.69 Å². The van der Waals surface area contributed by atoms with E-state index in [1.165, 1.54) is 0 Å². The molecular weight excluding hydrogens is 340 g/mol. The second-order valence-corrected chi connectivity index (χ2v) is 5.91. The van der Waals surface area contributed by atoms with E-state index in [1.54, 1.807) is 47.7 Å². The number of phenols is 1. The molecule has 0 bridgehead atoms. The summed E-state index contributed by atoms with van der Waals surface area (Å²) in [6, 6.07) is 19.8. The summed E-state index contributed by atoms with van der Waals surface area (Å²) in [5.41, 5.74) is 5.48. The van der Waals surface area contributed by atoms with Gasteiger partial charge in [0.25, 0.3) is 5.91 Å². The lowest BCUT2D eigenvalue weighted by atomic mass is 10.1. The van der Waals surface area contributed by atoms with Crippen molar-refractivity contribution in [2.24, 2.45) is 4.99 Å². The van der Waals surface area contributed by atoms with Gasteiger partial charge in [0, 0.05) is 18.0 Å². The van der Waals surface area contributed by atoms with Crippen LogP contribution in [0, 0.1) is 0 Å². The van der Waals surface area contributed by atoms with Gasteiger partial charge in [-0.05, 0) is 48.0 Å². The fraction of sp³-hybridized carbons (Fsp3) is 0. The van der Waals surface area contributed by atoms with Crippen LogP contribution in [0.1, 0.15) is 11.1 Å². The molecule has 0 spiro atoms. The molecule has 2 aromatic carbocycles. The fourth-order valence-corrected chi connectivity index (χ4v) is 2.71. The van der Waals surface area contributed by atoms with Gasteiger partial charge in [0.2, 0.25) is 0 Å². The van der Waals surface area contributed by atoms with E-state index in [0.717, 1.165) is 16.8 Å². The van der Waals surface area contributed by atoms with Crippen LogP contribution in [0.15, 0.2) is 89.8 Å². The van der Waals surface area contributed by atoms with Crippen LogP contribution in [0.3, 0.4) is 0 Å². The number of aromatic hydroxyl groups is 1. The molecule has 1 aromatic heterocycles. The predicted octanol–water partition coefficient (Wildman–Crippen LogP) is 3.13. The second-order valence-electron chi connectivity index (χ2n) is 5.91. The first-order valence-corrected chi connectivity index (χ1v) is 8.37. The zero-order chi connectivity index (χ0) is 18.6. The van der Waals surface area contributed by atoms with Crippen molar-refractivity contribution in [1.29, 1.82) is 0 Å². The summed E-state index contributed by atoms with van der Waals surface area (Å²) in [5.74, 6) is 0.415. The molecule has 27 heavy (non-hydrogen) atoms. The Bertz CT molecular complexity index is 1010. The van der Waals surface area contributed by atoms with Gasteiger partial charge in [0.1, 0.15) is 11.4 Å². The van der Waals surface area contributed by atoms with Crippen LogP contribution in [0.5, 0.6) is 5.75 Å². The molecular formula is C21H16N4O2. The molecule has 1 aliphatic heterocycles. The highest BCUT2D eigenvalue weighted by molar-refractivity contribution is 6.17. The Morgan fingerprint density at radius 2 is 1.74 bits per heavy atom. The lowest BCUT2D eigenvalue weighted by molar-refractivity contribution is -0.117. The van der Waals surface area contributed by atoms with Crippen molar-refractivity contribution in [2.45, 2.75) is 0 Å². The molecule has 2 heterocycles. The molecule has 1 amide bonds. The largest absolute Gasteiger partial charge is 0.508 e. The Labute approximate surface area is 156 Å². The highest BCUT2D eigenvalue weighted by atomic mass is 16.3. The lowest BCUT2D eigenvalue weighted by Gasteiger charge is -2.30. The molecule has 0 atom stereocenters. The molecule has 0 unspecified atom stereocenters. The molecule has 2 N–H and O–H groups in total. The SMILES string of the molecule is O=C1NN(c2ccccc2)C(c2cccnc2)=N/C1=C/c1ccc(O)cc1. The van der Waals surface area contributed by atoms with E-state index >= 15 is 0 Å². The number of para-hydroxylation sites is 1. The maximum atomic E-state index is 12.6. The molecule has 4 rings (SSSR count). The van der Waals surface area contributed by atoms with Gasteiger partial charge in [-0.25, -0.2) is 10.0 Å². The molecule has 0 saturated heterocycles. The number of hydrogen-bond donors (Lipinski definition) is 2. The van der Waals surface area contributed by atoms with Gasteiger partial charge in [-0.15, -0.1) is 0 Å². The number of carbonyl (C=O) groups is 1. The number of aromatic nitrogens is 1. The van der Waals surface area contributed by atoms with Crippen LogP contribution in [-0.4, -0.2) is 21.8 Å². The summed E-state index contributed by atoms with van der Waals surface area (Å²) in [6.45, 7) is 0. The van der Waals surface area contributed by atoms with E-state index in [4.69, 9.17) is 0 Å². The van der Waals surface area contributed by atoms with Gasteiger partial charge in [0.15, 0.2) is 5.84 Å². The summed E-state index contributed by atoms with van der Waals surface area (Å²) < 4.78 is 0. The molecule has 0 fully saturated rings. The molecule has 0 aliphatic carbocycles. The Morgan fingerprint density at radius 3 is 2.44 bits per heavy atom. The molecule has 0 radical (unpaired) electrons. The Kier molecular flexibility index (Phi) is 4.37. The number of amidine groups is 1. The van der Waals surface area contributed by atoms with Crippen molar-refractivity contribution >= 4 is 23.5 Å². The van der Waals surface area contributed by atoms with Crippen molar-refractivity contribution in [1.82, 2.24) is 10.4 Å². The maximum absolute atomic E-state index is 12.6. The topological polar surface area (TPSA) is 77.8 Å². The number of anilines is 1. The monoisotopic (exact) mass is 356 g/mol. The van der Waals surface area contributed by atoms with E-state index < -0.39 is 0 Å². The van der Waals surface area contributed by atoms with Crippen LogP contribution in [0.2, 0.25) is 0 Å². The zero-order valence-corrected chi connectivity index (χ0v) is 14.3. The smallest absolute Gasteiger partial charge is 0.288 e. The Morgan fingerprint density at radius 1 is 0.963 bits per heavy atom. The third kappa shape index (κ3) is 3.55. The molecule has 1 aliphatic rings. The van der Waals surface area contributed by atoms with E-state index in [2.05, 4.69) is 15.4 Å². The minimum absolute atomic E-state index is 0.167. The number of pyridine rings is 1. The molecule has 3 aromatic rings. The summed E-state index contributed by atoms with van der Waals surface area (Å²) in [5, 5.41) is 11.1. The number of phenolic OH excluding ortho intramolecular Hbond substituents is 1. The van der Waals surface area contributed by atoms with E-state index in [0.29, 0.717) is 5.84 Å². The average Bonchev–Trinajstić information content (AvgIpc) is 2.72. The summed E-state index contributed by atoms with van der Waals surface area (Å²) in [7, 11) is 0. The summed E-state index contributed by atoms with van der Waals surface area (Å²) in [6.07, 6.45) is 5.06. The van der Waals surface area contributed by atoms with Crippen molar-refractivity contribution < 1.29 is 9.90 Å². The lowest BCUT2D eigenvalue weighted by Crippen LogP contribution is -2.50. The Balaban J connectivity index is 1.81. The molecule has 132 valence electrons. The number of nitrogens with zero attached hydrogens (tertiary/aromatic N) is 3. The highest BCUT2D eigenvalue weighted by Crippen LogP contribution is 2.22. The number of rotatable bonds is 3. The minimum Gasteiger partial charge on any atom is -0.508 e. The molecule has 6 nitrogen and oxygen atoms in total. The number of amides is 1. The van der Waals surface area contributed by atoms with Crippen LogP contribution < -0.4 is 10.4 Å². The summed E-state index contributed by atoms with van der Waals surface area (Å²) in [4.78, 5) is 21.4. The van der Waals surface area contributed by atoms with E-state index in [9.17, 15) is 9.90 Å². The first-order valence-electron chi connectivity index (χ1n) is 8.37. The van der Waals surface area contributed by atoms with Crippen molar-refractivity contribution in [3.05, 3.63) is 95.9 Å². The van der Waals surface area contributed by atoms with Crippen LogP contribution >= 0.6 is 0 Å². The number of hydrazine groups is 1. The minimum atomic E-state index is -0.320. The standard InChI is InChI=1S/C21H16N4O2/c26-18-10-8-15(9-11-18)13-19-21(27)24-25(17-6-2-1-3-7-17)20(23-19)16-5-4-12-22-14-16/h1-14,26H,(H,24,27)/b19-13+. The normalized spacial score (nSPS) is 15.4. The first kappa shape index (κ1) is 16.5. The van der Waals surface area contributed by atoms with Crippen LogP contribution in [0.4, 0.5) is 5.69 Å². The number of aliphatic imine (C=N–C) groups is 1. The van der Waals surface area contributed by atoms with Gasteiger partial charge >= 0.3 is 0 Å². The third-order valence-electron chi connectivity index (χ3n) is 4.01. The summed E-state index contributed by atoms with van der Waals surface area (Å²) >= 11 is 0. The molecule has 6 heteroatoms. The fourth-order valence-electron chi connectivity index (χ4n) is 2.71. The van der Waals surface area contributed by atoms with Gasteiger partial charge in [-0.2, -0.15) is 0 Å². The predicted molar refractivity (Wildman–Crippen MR) is 104 cm³/mol. The number of carbonyl (C=O) groups excluding carboxylic acids is 1. The average molecular weight is 356 g/mol. The Hall–Kier alpha value is -3.93. The van der Waals surface area contributed by atoms with Crippen molar-refractivity contribution in [3.63, 3.8) is 0 Å². The van der Waals surface area contributed by atoms with Gasteiger partial charge in [-0.3, -0.25) is 15.2 Å². The molecule has 0 saturated carbocycles. The van der Waals surface area contributed by atoms with Crippen LogP contribution in [0.25, 0.3) is 6.08 Å². The van der Waals surface area contributed by atoms with Crippen LogP contribution in [-0.2, 0) is 4.79 Å².